The number of hydrogen-bond acceptors (Lipinski definition) is 5. The molecule has 24 heavy (non-hydrogen) atoms. The zero-order valence-corrected chi connectivity index (χ0v) is 15.0. The summed E-state index contributed by atoms with van der Waals surface area (Å²) in [5.74, 6) is 1.73. The number of benzene rings is 1. The molecule has 132 valence electrons. The Hall–Kier alpha value is -1.89. The predicted octanol–water partition coefficient (Wildman–Crippen LogP) is 2.39. The lowest BCUT2D eigenvalue weighted by molar-refractivity contribution is -0.129. The van der Waals surface area contributed by atoms with Crippen molar-refractivity contribution in [2.45, 2.75) is 19.3 Å². The summed E-state index contributed by atoms with van der Waals surface area (Å²) in [5.41, 5.74) is 0.589. The van der Waals surface area contributed by atoms with Crippen LogP contribution in [0, 0.1) is 0 Å². The summed E-state index contributed by atoms with van der Waals surface area (Å²) in [7, 11) is 3.11. The molecule has 0 unspecified atom stereocenters. The molecule has 1 aromatic carbocycles. The molecule has 0 aromatic heterocycles. The minimum Gasteiger partial charge on any atom is -0.497 e. The minimum atomic E-state index is -0.157. The van der Waals surface area contributed by atoms with Crippen molar-refractivity contribution < 1.29 is 19.1 Å². The van der Waals surface area contributed by atoms with Crippen LogP contribution in [0.25, 0.3) is 0 Å². The fraction of sp³-hybridized carbons (Fsp3) is 0.529. The van der Waals surface area contributed by atoms with Gasteiger partial charge < -0.3 is 19.7 Å². The Bertz CT molecular complexity index is 574. The van der Waals surface area contributed by atoms with Crippen LogP contribution in [-0.4, -0.2) is 55.5 Å². The van der Waals surface area contributed by atoms with Gasteiger partial charge >= 0.3 is 0 Å². The number of nitrogens with zero attached hydrogens (tertiary/aromatic N) is 1. The summed E-state index contributed by atoms with van der Waals surface area (Å²) in [6.07, 6.45) is 3.35. The van der Waals surface area contributed by atoms with Crippen molar-refractivity contribution in [3.05, 3.63) is 18.2 Å². The number of piperidine rings is 1. The van der Waals surface area contributed by atoms with Crippen molar-refractivity contribution in [1.82, 2.24) is 4.90 Å². The average molecular weight is 352 g/mol. The van der Waals surface area contributed by atoms with Crippen molar-refractivity contribution in [2.24, 2.45) is 0 Å². The number of rotatable bonds is 7. The van der Waals surface area contributed by atoms with E-state index in [1.54, 1.807) is 25.3 Å². The fourth-order valence-electron chi connectivity index (χ4n) is 2.55. The quantitative estimate of drug-likeness (QED) is 0.816. The van der Waals surface area contributed by atoms with Crippen LogP contribution in [0.5, 0.6) is 11.5 Å². The highest BCUT2D eigenvalue weighted by atomic mass is 32.2. The third-order valence-electron chi connectivity index (χ3n) is 3.85. The van der Waals surface area contributed by atoms with E-state index in [-0.39, 0.29) is 17.6 Å². The zero-order chi connectivity index (χ0) is 17.4. The normalized spacial score (nSPS) is 14.2. The van der Waals surface area contributed by atoms with Crippen LogP contribution in [0.4, 0.5) is 5.69 Å². The van der Waals surface area contributed by atoms with Gasteiger partial charge in [-0.25, -0.2) is 0 Å². The largest absolute Gasteiger partial charge is 0.497 e. The van der Waals surface area contributed by atoms with Gasteiger partial charge in [0.1, 0.15) is 11.5 Å². The molecule has 0 aliphatic carbocycles. The highest BCUT2D eigenvalue weighted by Crippen LogP contribution is 2.29. The molecule has 0 spiro atoms. The van der Waals surface area contributed by atoms with E-state index in [2.05, 4.69) is 5.32 Å². The smallest absolute Gasteiger partial charge is 0.234 e. The lowest BCUT2D eigenvalue weighted by Gasteiger charge is -2.26. The molecule has 0 saturated carbocycles. The van der Waals surface area contributed by atoms with E-state index in [0.29, 0.717) is 22.9 Å². The van der Waals surface area contributed by atoms with Gasteiger partial charge in [0.25, 0.3) is 0 Å². The van der Waals surface area contributed by atoms with Gasteiger partial charge in [0.15, 0.2) is 0 Å². The van der Waals surface area contributed by atoms with Crippen LogP contribution in [0.15, 0.2) is 18.2 Å². The number of amides is 2. The second-order valence-electron chi connectivity index (χ2n) is 5.55. The van der Waals surface area contributed by atoms with Crippen molar-refractivity contribution in [2.75, 3.05) is 44.1 Å². The maximum absolute atomic E-state index is 12.0. The number of carbonyl (C=O) groups is 2. The Kier molecular flexibility index (Phi) is 7.24. The molecule has 2 amide bonds. The molecular formula is C17H24N2O4S. The minimum absolute atomic E-state index is 0.120. The topological polar surface area (TPSA) is 67.9 Å². The Labute approximate surface area is 146 Å². The van der Waals surface area contributed by atoms with Crippen LogP contribution in [0.3, 0.4) is 0 Å². The second-order valence-corrected chi connectivity index (χ2v) is 6.53. The van der Waals surface area contributed by atoms with E-state index in [4.69, 9.17) is 9.47 Å². The number of anilines is 1. The first kappa shape index (κ1) is 18.4. The number of thioether (sulfide) groups is 1. The van der Waals surface area contributed by atoms with E-state index in [0.717, 1.165) is 25.9 Å². The number of carbonyl (C=O) groups excluding carboxylic acids is 2. The summed E-state index contributed by atoms with van der Waals surface area (Å²) in [4.78, 5) is 26.0. The first-order chi connectivity index (χ1) is 11.6. The molecule has 1 N–H and O–H groups in total. The van der Waals surface area contributed by atoms with Crippen LogP contribution in [-0.2, 0) is 9.59 Å². The summed E-state index contributed by atoms with van der Waals surface area (Å²) in [6.45, 7) is 1.68. The molecular weight excluding hydrogens is 328 g/mol. The van der Waals surface area contributed by atoms with Crippen LogP contribution >= 0.6 is 11.8 Å². The molecule has 2 rings (SSSR count). The van der Waals surface area contributed by atoms with Gasteiger partial charge in [-0.2, -0.15) is 0 Å². The van der Waals surface area contributed by atoms with Gasteiger partial charge in [0.05, 0.1) is 31.4 Å². The fourth-order valence-corrected chi connectivity index (χ4v) is 3.27. The van der Waals surface area contributed by atoms with Gasteiger partial charge in [0.2, 0.25) is 11.8 Å². The number of ether oxygens (including phenoxy) is 2. The summed E-state index contributed by atoms with van der Waals surface area (Å²) in [6, 6.07) is 5.20. The lowest BCUT2D eigenvalue weighted by atomic mass is 10.1. The maximum atomic E-state index is 12.0. The average Bonchev–Trinajstić information content (AvgIpc) is 2.62. The van der Waals surface area contributed by atoms with Crippen molar-refractivity contribution in [3.8, 4) is 11.5 Å². The number of nitrogens with one attached hydrogen (secondary N) is 1. The van der Waals surface area contributed by atoms with E-state index >= 15 is 0 Å². The lowest BCUT2D eigenvalue weighted by Crippen LogP contribution is -2.37. The standard InChI is InChI=1S/C17H24N2O4S/c1-22-13-6-7-14(15(10-13)23-2)18-16(20)11-24-12-17(21)19-8-4-3-5-9-19/h6-7,10H,3-5,8-9,11-12H2,1-2H3,(H,18,20). The van der Waals surface area contributed by atoms with Crippen LogP contribution in [0.1, 0.15) is 19.3 Å². The third-order valence-corrected chi connectivity index (χ3v) is 4.77. The van der Waals surface area contributed by atoms with Crippen molar-refractivity contribution >= 4 is 29.3 Å². The molecule has 1 saturated heterocycles. The van der Waals surface area contributed by atoms with Crippen LogP contribution in [0.2, 0.25) is 0 Å². The van der Waals surface area contributed by atoms with Crippen LogP contribution < -0.4 is 14.8 Å². The van der Waals surface area contributed by atoms with Gasteiger partial charge in [-0.3, -0.25) is 9.59 Å². The molecule has 7 heteroatoms. The Balaban J connectivity index is 1.78. The van der Waals surface area contributed by atoms with E-state index in [1.165, 1.54) is 25.3 Å². The highest BCUT2D eigenvalue weighted by Gasteiger charge is 2.17. The van der Waals surface area contributed by atoms with E-state index < -0.39 is 0 Å². The summed E-state index contributed by atoms with van der Waals surface area (Å²) < 4.78 is 10.4. The van der Waals surface area contributed by atoms with Gasteiger partial charge in [0, 0.05) is 19.2 Å². The molecule has 1 heterocycles. The Morgan fingerprint density at radius 2 is 1.88 bits per heavy atom. The van der Waals surface area contributed by atoms with E-state index in [9.17, 15) is 9.59 Å². The summed E-state index contributed by atoms with van der Waals surface area (Å²) in [5, 5.41) is 2.80. The first-order valence-electron chi connectivity index (χ1n) is 8.01. The molecule has 1 aromatic rings. The highest BCUT2D eigenvalue weighted by molar-refractivity contribution is 8.00. The van der Waals surface area contributed by atoms with Gasteiger partial charge in [-0.1, -0.05) is 0 Å². The molecule has 6 nitrogen and oxygen atoms in total. The molecule has 0 radical (unpaired) electrons. The number of hydrogen-bond donors (Lipinski definition) is 1. The monoisotopic (exact) mass is 352 g/mol. The predicted molar refractivity (Wildman–Crippen MR) is 95.9 cm³/mol. The van der Waals surface area contributed by atoms with Crippen molar-refractivity contribution in [1.29, 1.82) is 0 Å². The van der Waals surface area contributed by atoms with Gasteiger partial charge in [-0.15, -0.1) is 11.8 Å². The number of likely N-dealkylation sites (tertiary alicyclic amines) is 1. The number of methoxy groups -OCH3 is 2. The SMILES string of the molecule is COc1ccc(NC(=O)CSCC(=O)N2CCCCC2)c(OC)c1. The first-order valence-corrected chi connectivity index (χ1v) is 9.17. The zero-order valence-electron chi connectivity index (χ0n) is 14.2. The molecule has 0 bridgehead atoms. The molecule has 1 fully saturated rings. The molecule has 1 aliphatic rings. The van der Waals surface area contributed by atoms with Crippen molar-refractivity contribution in [3.63, 3.8) is 0 Å². The third kappa shape index (κ3) is 5.33. The second kappa shape index (κ2) is 9.42. The maximum Gasteiger partial charge on any atom is 0.234 e. The summed E-state index contributed by atoms with van der Waals surface area (Å²) >= 11 is 1.33. The van der Waals surface area contributed by atoms with E-state index in [1.807, 2.05) is 4.90 Å². The Morgan fingerprint density at radius 1 is 1.12 bits per heavy atom. The Morgan fingerprint density at radius 3 is 2.54 bits per heavy atom. The molecule has 0 atom stereocenters. The van der Waals surface area contributed by atoms with Gasteiger partial charge in [-0.05, 0) is 31.4 Å². The molecule has 1 aliphatic heterocycles.